The number of hydrogen-bond acceptors (Lipinski definition) is 4. The maximum Gasteiger partial charge on any atom is 0.249 e. The van der Waals surface area contributed by atoms with Gasteiger partial charge in [0.2, 0.25) is 5.91 Å². The van der Waals surface area contributed by atoms with Crippen molar-refractivity contribution in [2.75, 3.05) is 6.61 Å². The summed E-state index contributed by atoms with van der Waals surface area (Å²) in [5, 5.41) is 32.8. The van der Waals surface area contributed by atoms with Crippen molar-refractivity contribution in [3.05, 3.63) is 36.5 Å². The van der Waals surface area contributed by atoms with E-state index in [2.05, 4.69) is 43.5 Å². The van der Waals surface area contributed by atoms with Gasteiger partial charge in [-0.3, -0.25) is 4.79 Å². The topological polar surface area (TPSA) is 89.8 Å². The first kappa shape index (κ1) is 43.6. The van der Waals surface area contributed by atoms with Crippen molar-refractivity contribution in [2.24, 2.45) is 0 Å². The molecule has 0 heterocycles. The van der Waals surface area contributed by atoms with Crippen LogP contribution < -0.4 is 5.32 Å². The van der Waals surface area contributed by atoms with Crippen molar-refractivity contribution >= 4 is 5.91 Å². The summed E-state index contributed by atoms with van der Waals surface area (Å²) in [5.41, 5.74) is 0. The molecular weight excluding hydrogens is 558 g/mol. The minimum atomic E-state index is -1.12. The highest BCUT2D eigenvalue weighted by molar-refractivity contribution is 5.80. The van der Waals surface area contributed by atoms with Gasteiger partial charge in [0.05, 0.1) is 18.8 Å². The quantitative estimate of drug-likeness (QED) is 0.0419. The molecule has 0 saturated heterocycles. The molecule has 4 N–H and O–H groups in total. The molecule has 0 saturated carbocycles. The third-order valence-corrected chi connectivity index (χ3v) is 8.70. The summed E-state index contributed by atoms with van der Waals surface area (Å²) in [6, 6.07) is -0.817. The second-order valence-electron chi connectivity index (χ2n) is 13.1. The molecule has 5 nitrogen and oxygen atoms in total. The van der Waals surface area contributed by atoms with Crippen LogP contribution in [0.3, 0.4) is 0 Å². The number of allylic oxidation sites excluding steroid dienone is 5. The van der Waals surface area contributed by atoms with E-state index in [0.29, 0.717) is 6.42 Å². The lowest BCUT2D eigenvalue weighted by Gasteiger charge is -2.21. The fourth-order valence-electron chi connectivity index (χ4n) is 5.59. The number of carbonyl (C=O) groups is 1. The fraction of sp³-hybridized carbons (Fsp3) is 0.825. The van der Waals surface area contributed by atoms with Crippen molar-refractivity contribution in [2.45, 2.75) is 205 Å². The fourth-order valence-corrected chi connectivity index (χ4v) is 5.59. The molecule has 0 rings (SSSR count). The van der Waals surface area contributed by atoms with Gasteiger partial charge in [-0.2, -0.15) is 0 Å². The molecule has 0 aliphatic carbocycles. The Morgan fingerprint density at radius 1 is 0.533 bits per heavy atom. The average molecular weight is 634 g/mol. The van der Waals surface area contributed by atoms with Crippen LogP contribution in [-0.4, -0.2) is 46.1 Å². The van der Waals surface area contributed by atoms with E-state index in [1.54, 1.807) is 6.08 Å². The zero-order chi connectivity index (χ0) is 33.1. The molecule has 0 aromatic rings. The Balaban J connectivity index is 3.72. The van der Waals surface area contributed by atoms with Gasteiger partial charge in [-0.05, 0) is 51.4 Å². The first-order chi connectivity index (χ1) is 22.1. The van der Waals surface area contributed by atoms with Crippen LogP contribution in [0.4, 0.5) is 0 Å². The van der Waals surface area contributed by atoms with Crippen molar-refractivity contribution in [1.29, 1.82) is 0 Å². The number of rotatable bonds is 34. The zero-order valence-electron chi connectivity index (χ0n) is 29.7. The number of unbranched alkanes of at least 4 members (excludes halogenated alkanes) is 22. The Hall–Kier alpha value is -1.43. The van der Waals surface area contributed by atoms with E-state index in [1.807, 2.05) is 6.08 Å². The predicted molar refractivity (Wildman–Crippen MR) is 194 cm³/mol. The molecule has 0 aromatic heterocycles. The molecule has 1 amide bonds. The molecule has 0 aromatic carbocycles. The Bertz CT molecular complexity index is 704. The highest BCUT2D eigenvalue weighted by Gasteiger charge is 2.22. The Kier molecular flexibility index (Phi) is 34.3. The number of carbonyl (C=O) groups excluding carboxylic acids is 1. The Labute approximate surface area is 279 Å². The third-order valence-electron chi connectivity index (χ3n) is 8.70. The van der Waals surface area contributed by atoms with Crippen LogP contribution >= 0.6 is 0 Å². The molecule has 0 radical (unpaired) electrons. The van der Waals surface area contributed by atoms with Gasteiger partial charge in [0.25, 0.3) is 0 Å². The second kappa shape index (κ2) is 35.4. The summed E-state index contributed by atoms with van der Waals surface area (Å²) in [6.07, 6.45) is 43.3. The van der Waals surface area contributed by atoms with Crippen LogP contribution in [0.15, 0.2) is 36.5 Å². The Morgan fingerprint density at radius 2 is 0.933 bits per heavy atom. The molecule has 5 heteroatoms. The van der Waals surface area contributed by atoms with Crippen molar-refractivity contribution in [3.63, 3.8) is 0 Å². The van der Waals surface area contributed by atoms with Crippen LogP contribution in [0.1, 0.15) is 187 Å². The van der Waals surface area contributed by atoms with E-state index < -0.39 is 24.2 Å². The maximum absolute atomic E-state index is 12.3. The summed E-state index contributed by atoms with van der Waals surface area (Å²) in [4.78, 5) is 12.3. The summed E-state index contributed by atoms with van der Waals surface area (Å²) in [7, 11) is 0. The van der Waals surface area contributed by atoms with Crippen LogP contribution in [0.5, 0.6) is 0 Å². The average Bonchev–Trinajstić information content (AvgIpc) is 3.04. The van der Waals surface area contributed by atoms with Crippen molar-refractivity contribution in [3.8, 4) is 0 Å². The summed E-state index contributed by atoms with van der Waals surface area (Å²) >= 11 is 0. The van der Waals surface area contributed by atoms with E-state index >= 15 is 0 Å². The zero-order valence-corrected chi connectivity index (χ0v) is 29.7. The molecule has 0 aliphatic heterocycles. The third kappa shape index (κ3) is 31.0. The Morgan fingerprint density at radius 3 is 1.42 bits per heavy atom. The number of hydrogen-bond donors (Lipinski definition) is 4. The van der Waals surface area contributed by atoms with Gasteiger partial charge in [-0.25, -0.2) is 0 Å². The first-order valence-electron chi connectivity index (χ1n) is 19.3. The van der Waals surface area contributed by atoms with Crippen LogP contribution in [-0.2, 0) is 4.79 Å². The summed E-state index contributed by atoms with van der Waals surface area (Å²) in [6.45, 7) is 4.09. The van der Waals surface area contributed by atoms with Gasteiger partial charge in [-0.1, -0.05) is 172 Å². The summed E-state index contributed by atoms with van der Waals surface area (Å²) < 4.78 is 0. The first-order valence-corrected chi connectivity index (χ1v) is 19.3. The van der Waals surface area contributed by atoms with E-state index in [1.165, 1.54) is 116 Å². The molecule has 45 heavy (non-hydrogen) atoms. The highest BCUT2D eigenvalue weighted by atomic mass is 16.3. The highest BCUT2D eigenvalue weighted by Crippen LogP contribution is 2.14. The van der Waals surface area contributed by atoms with E-state index in [4.69, 9.17) is 0 Å². The molecule has 0 fully saturated rings. The second-order valence-corrected chi connectivity index (χ2v) is 13.1. The minimum absolute atomic E-state index is 0.381. The lowest BCUT2D eigenvalue weighted by Crippen LogP contribution is -2.48. The van der Waals surface area contributed by atoms with Crippen molar-refractivity contribution in [1.82, 2.24) is 5.32 Å². The number of nitrogens with one attached hydrogen (secondary N) is 1. The van der Waals surface area contributed by atoms with Crippen LogP contribution in [0, 0.1) is 0 Å². The number of amides is 1. The predicted octanol–water partition coefficient (Wildman–Crippen LogP) is 10.4. The molecular formula is C40H75NO4. The molecule has 3 unspecified atom stereocenters. The van der Waals surface area contributed by atoms with Gasteiger partial charge in [0.15, 0.2) is 0 Å². The largest absolute Gasteiger partial charge is 0.394 e. The minimum Gasteiger partial charge on any atom is -0.394 e. The SMILES string of the molecule is CCCC/C=C\CCCCCC(O)C(=O)NC(CO)C(O)/C=C/CC/C=C/CCCCCCCCCCCCCCCCCC. The van der Waals surface area contributed by atoms with Crippen LogP contribution in [0.2, 0.25) is 0 Å². The van der Waals surface area contributed by atoms with E-state index in [-0.39, 0.29) is 6.61 Å². The van der Waals surface area contributed by atoms with Gasteiger partial charge in [0.1, 0.15) is 6.10 Å². The number of aliphatic hydroxyl groups is 3. The standard InChI is InChI=1S/C40H75NO4/c1-3-5-7-9-11-13-14-15-16-17-18-19-20-21-22-23-24-25-27-28-30-32-34-38(43)37(36-42)41-40(45)39(44)35-33-31-29-26-12-10-8-6-4-2/h10,12,25,27,32,34,37-39,42-44H,3-9,11,13-24,26,28-31,33,35-36H2,1-2H3,(H,41,45)/b12-10-,27-25+,34-32+. The van der Waals surface area contributed by atoms with Gasteiger partial charge < -0.3 is 20.6 Å². The molecule has 0 bridgehead atoms. The van der Waals surface area contributed by atoms with Gasteiger partial charge in [0, 0.05) is 0 Å². The lowest BCUT2D eigenvalue weighted by atomic mass is 10.0. The monoisotopic (exact) mass is 634 g/mol. The molecule has 264 valence electrons. The van der Waals surface area contributed by atoms with E-state index in [0.717, 1.165) is 51.4 Å². The lowest BCUT2D eigenvalue weighted by molar-refractivity contribution is -0.131. The normalized spacial score (nSPS) is 14.2. The van der Waals surface area contributed by atoms with Gasteiger partial charge >= 0.3 is 0 Å². The molecule has 0 spiro atoms. The molecule has 0 aliphatic rings. The summed E-state index contributed by atoms with van der Waals surface area (Å²) in [5.74, 6) is -0.530. The van der Waals surface area contributed by atoms with E-state index in [9.17, 15) is 20.1 Å². The smallest absolute Gasteiger partial charge is 0.249 e. The van der Waals surface area contributed by atoms with Crippen LogP contribution in [0.25, 0.3) is 0 Å². The molecule has 3 atom stereocenters. The van der Waals surface area contributed by atoms with Crippen molar-refractivity contribution < 1.29 is 20.1 Å². The maximum atomic E-state index is 12.3. The number of aliphatic hydroxyl groups excluding tert-OH is 3. The van der Waals surface area contributed by atoms with Gasteiger partial charge in [-0.15, -0.1) is 0 Å².